The zero-order valence-corrected chi connectivity index (χ0v) is 12.8. The first-order valence-electron chi connectivity index (χ1n) is 6.80. The third kappa shape index (κ3) is 3.51. The summed E-state index contributed by atoms with van der Waals surface area (Å²) in [5.41, 5.74) is 0.0542. The van der Waals surface area contributed by atoms with Crippen LogP contribution in [0.1, 0.15) is 23.2 Å². The maximum Gasteiger partial charge on any atom is 0.288 e. The molecule has 114 valence electrons. The number of nitro benzene ring substituents is 1. The van der Waals surface area contributed by atoms with Crippen LogP contribution in [0.25, 0.3) is 0 Å². The lowest BCUT2D eigenvalue weighted by Crippen LogP contribution is -2.47. The standard InChI is InChI=1S/C14H18ClN3O3/c1-16-7-3-4-11(9-16)17(2)14(19)10-5-6-12(15)13(8-10)18(20)21/h5-6,8,11H,3-4,7,9H2,1-2H3. The van der Waals surface area contributed by atoms with Crippen molar-refractivity contribution in [2.45, 2.75) is 18.9 Å². The number of nitrogens with zero attached hydrogens (tertiary/aromatic N) is 3. The van der Waals surface area contributed by atoms with Crippen molar-refractivity contribution in [1.29, 1.82) is 0 Å². The summed E-state index contributed by atoms with van der Waals surface area (Å²) in [4.78, 5) is 26.7. The van der Waals surface area contributed by atoms with E-state index in [0.29, 0.717) is 5.56 Å². The van der Waals surface area contributed by atoms with Crippen LogP contribution in [0.4, 0.5) is 5.69 Å². The molecular formula is C14H18ClN3O3. The number of nitro groups is 1. The van der Waals surface area contributed by atoms with Gasteiger partial charge in [-0.2, -0.15) is 0 Å². The Balaban J connectivity index is 2.19. The van der Waals surface area contributed by atoms with Gasteiger partial charge in [0.2, 0.25) is 0 Å². The van der Waals surface area contributed by atoms with Crippen LogP contribution in [-0.2, 0) is 0 Å². The number of piperidine rings is 1. The average molecular weight is 312 g/mol. The monoisotopic (exact) mass is 311 g/mol. The van der Waals surface area contributed by atoms with Gasteiger partial charge in [0.1, 0.15) is 5.02 Å². The molecule has 1 amide bonds. The summed E-state index contributed by atoms with van der Waals surface area (Å²) in [5, 5.41) is 10.9. The molecule has 6 nitrogen and oxygen atoms in total. The molecule has 0 spiro atoms. The van der Waals surface area contributed by atoms with Crippen molar-refractivity contribution < 1.29 is 9.72 Å². The number of likely N-dealkylation sites (N-methyl/N-ethyl adjacent to an activating group) is 2. The van der Waals surface area contributed by atoms with Crippen molar-refractivity contribution in [3.8, 4) is 0 Å². The van der Waals surface area contributed by atoms with Crippen LogP contribution in [-0.4, -0.2) is 53.9 Å². The van der Waals surface area contributed by atoms with Crippen LogP contribution in [0, 0.1) is 10.1 Å². The fraction of sp³-hybridized carbons (Fsp3) is 0.500. The molecule has 2 rings (SSSR count). The lowest BCUT2D eigenvalue weighted by atomic mass is 10.0. The third-order valence-corrected chi connectivity index (χ3v) is 4.18. The van der Waals surface area contributed by atoms with E-state index < -0.39 is 4.92 Å². The van der Waals surface area contributed by atoms with E-state index in [2.05, 4.69) is 4.90 Å². The number of carbonyl (C=O) groups is 1. The van der Waals surface area contributed by atoms with Crippen LogP contribution in [0.2, 0.25) is 5.02 Å². The minimum atomic E-state index is -0.576. The molecule has 7 heteroatoms. The normalized spacial score (nSPS) is 19.3. The zero-order chi connectivity index (χ0) is 15.6. The minimum Gasteiger partial charge on any atom is -0.337 e. The lowest BCUT2D eigenvalue weighted by Gasteiger charge is -2.35. The number of rotatable bonds is 3. The Morgan fingerprint density at radius 1 is 1.52 bits per heavy atom. The molecule has 0 aromatic heterocycles. The van der Waals surface area contributed by atoms with Crippen LogP contribution in [0.15, 0.2) is 18.2 Å². The van der Waals surface area contributed by atoms with Gasteiger partial charge >= 0.3 is 0 Å². The Morgan fingerprint density at radius 2 is 2.24 bits per heavy atom. The van der Waals surface area contributed by atoms with Gasteiger partial charge in [-0.1, -0.05) is 11.6 Å². The zero-order valence-electron chi connectivity index (χ0n) is 12.1. The van der Waals surface area contributed by atoms with Crippen molar-refractivity contribution in [3.05, 3.63) is 38.9 Å². The number of halogens is 1. The Morgan fingerprint density at radius 3 is 2.86 bits per heavy atom. The number of carbonyl (C=O) groups excluding carboxylic acids is 1. The van der Waals surface area contributed by atoms with Crippen molar-refractivity contribution >= 4 is 23.2 Å². The topological polar surface area (TPSA) is 66.7 Å². The molecule has 1 heterocycles. The molecule has 0 saturated carbocycles. The molecule has 1 fully saturated rings. The summed E-state index contributed by atoms with van der Waals surface area (Å²) < 4.78 is 0. The van der Waals surface area contributed by atoms with Gasteiger partial charge in [0, 0.05) is 31.3 Å². The molecule has 0 radical (unpaired) electrons. The molecule has 1 aromatic carbocycles. The molecule has 0 N–H and O–H groups in total. The molecule has 0 bridgehead atoms. The third-order valence-electron chi connectivity index (χ3n) is 3.86. The Bertz CT molecular complexity index is 564. The predicted octanol–water partition coefficient (Wildman–Crippen LogP) is 2.41. The lowest BCUT2D eigenvalue weighted by molar-refractivity contribution is -0.384. The Hall–Kier alpha value is -1.66. The molecule has 21 heavy (non-hydrogen) atoms. The average Bonchev–Trinajstić information content (AvgIpc) is 2.46. The summed E-state index contributed by atoms with van der Waals surface area (Å²) in [5.74, 6) is -0.213. The maximum absolute atomic E-state index is 12.5. The second kappa shape index (κ2) is 6.41. The number of likely N-dealkylation sites (tertiary alicyclic amines) is 1. The van der Waals surface area contributed by atoms with Crippen LogP contribution in [0.5, 0.6) is 0 Å². The first-order valence-corrected chi connectivity index (χ1v) is 7.17. The van der Waals surface area contributed by atoms with E-state index in [0.717, 1.165) is 25.9 Å². The molecule has 1 unspecified atom stereocenters. The maximum atomic E-state index is 12.5. The van der Waals surface area contributed by atoms with Gasteiger partial charge in [-0.25, -0.2) is 0 Å². The number of benzene rings is 1. The fourth-order valence-corrected chi connectivity index (χ4v) is 2.80. The van der Waals surface area contributed by atoms with Gasteiger partial charge in [-0.3, -0.25) is 14.9 Å². The highest BCUT2D eigenvalue weighted by Crippen LogP contribution is 2.26. The summed E-state index contributed by atoms with van der Waals surface area (Å²) in [6, 6.07) is 4.30. The Kier molecular flexibility index (Phi) is 4.80. The number of hydrogen-bond acceptors (Lipinski definition) is 4. The molecule has 1 saturated heterocycles. The molecular weight excluding hydrogens is 294 g/mol. The van der Waals surface area contributed by atoms with E-state index in [1.54, 1.807) is 11.9 Å². The van der Waals surface area contributed by atoms with E-state index >= 15 is 0 Å². The van der Waals surface area contributed by atoms with Crippen molar-refractivity contribution in [2.75, 3.05) is 27.2 Å². The van der Waals surface area contributed by atoms with Crippen LogP contribution < -0.4 is 0 Å². The number of hydrogen-bond donors (Lipinski definition) is 0. The second-order valence-corrected chi connectivity index (χ2v) is 5.80. The summed E-state index contributed by atoms with van der Waals surface area (Å²) >= 11 is 5.77. The molecule has 0 aliphatic carbocycles. The van der Waals surface area contributed by atoms with E-state index in [-0.39, 0.29) is 22.7 Å². The fourth-order valence-electron chi connectivity index (χ4n) is 2.61. The molecule has 1 aliphatic rings. The quantitative estimate of drug-likeness (QED) is 0.635. The first kappa shape index (κ1) is 15.7. The molecule has 1 atom stereocenters. The van der Waals surface area contributed by atoms with Crippen molar-refractivity contribution in [1.82, 2.24) is 9.80 Å². The predicted molar refractivity (Wildman–Crippen MR) is 80.7 cm³/mol. The molecule has 1 aliphatic heterocycles. The first-order chi connectivity index (χ1) is 9.90. The van der Waals surface area contributed by atoms with E-state index in [1.807, 2.05) is 7.05 Å². The second-order valence-electron chi connectivity index (χ2n) is 5.40. The summed E-state index contributed by atoms with van der Waals surface area (Å²) in [6.07, 6.45) is 1.99. The van der Waals surface area contributed by atoms with Gasteiger partial charge in [-0.05, 0) is 38.6 Å². The summed E-state index contributed by atoms with van der Waals surface area (Å²) in [7, 11) is 3.77. The van der Waals surface area contributed by atoms with Gasteiger partial charge in [0.05, 0.1) is 4.92 Å². The summed E-state index contributed by atoms with van der Waals surface area (Å²) in [6.45, 7) is 1.85. The largest absolute Gasteiger partial charge is 0.337 e. The van der Waals surface area contributed by atoms with Gasteiger partial charge in [0.25, 0.3) is 11.6 Å². The van der Waals surface area contributed by atoms with Crippen molar-refractivity contribution in [2.24, 2.45) is 0 Å². The molecule has 1 aromatic rings. The van der Waals surface area contributed by atoms with Crippen LogP contribution in [0.3, 0.4) is 0 Å². The van der Waals surface area contributed by atoms with Crippen LogP contribution >= 0.6 is 11.6 Å². The number of amides is 1. The van der Waals surface area contributed by atoms with E-state index in [4.69, 9.17) is 11.6 Å². The van der Waals surface area contributed by atoms with Gasteiger partial charge in [0.15, 0.2) is 0 Å². The SMILES string of the molecule is CN1CCCC(N(C)C(=O)c2ccc(Cl)c([N+](=O)[O-])c2)C1. The van der Waals surface area contributed by atoms with Crippen molar-refractivity contribution in [3.63, 3.8) is 0 Å². The Labute approximate surface area is 128 Å². The van der Waals surface area contributed by atoms with E-state index in [9.17, 15) is 14.9 Å². The van der Waals surface area contributed by atoms with E-state index in [1.165, 1.54) is 18.2 Å². The highest BCUT2D eigenvalue weighted by Gasteiger charge is 2.26. The minimum absolute atomic E-state index is 0.0385. The smallest absolute Gasteiger partial charge is 0.288 e. The van der Waals surface area contributed by atoms with Gasteiger partial charge < -0.3 is 9.80 Å². The van der Waals surface area contributed by atoms with Gasteiger partial charge in [-0.15, -0.1) is 0 Å². The highest BCUT2D eigenvalue weighted by molar-refractivity contribution is 6.32. The highest BCUT2D eigenvalue weighted by atomic mass is 35.5.